The summed E-state index contributed by atoms with van der Waals surface area (Å²) in [4.78, 5) is 14.4. The number of aryl methyl sites for hydroxylation is 1. The number of hydrogen-bond donors (Lipinski definition) is 0. The molecule has 140 valence electrons. The normalized spacial score (nSPS) is 22.9. The summed E-state index contributed by atoms with van der Waals surface area (Å²) in [5.41, 5.74) is 2.49. The van der Waals surface area contributed by atoms with Crippen LogP contribution >= 0.6 is 0 Å². The zero-order chi connectivity index (χ0) is 17.9. The van der Waals surface area contributed by atoms with Gasteiger partial charge in [0.25, 0.3) is 0 Å². The zero-order valence-corrected chi connectivity index (χ0v) is 16.1. The lowest BCUT2D eigenvalue weighted by atomic mass is 9.97. The number of aromatic nitrogens is 3. The molecule has 5 heteroatoms. The molecule has 2 aliphatic heterocycles. The molecule has 2 aromatic heterocycles. The van der Waals surface area contributed by atoms with Crippen molar-refractivity contribution >= 4 is 0 Å². The molecule has 2 aromatic rings. The van der Waals surface area contributed by atoms with Crippen molar-refractivity contribution < 1.29 is 0 Å². The fraction of sp³-hybridized carbons (Fsp3) is 0.619. The van der Waals surface area contributed by atoms with Crippen molar-refractivity contribution in [2.24, 2.45) is 5.92 Å². The van der Waals surface area contributed by atoms with E-state index in [9.17, 15) is 0 Å². The van der Waals surface area contributed by atoms with E-state index in [0.717, 1.165) is 25.6 Å². The Kier molecular flexibility index (Phi) is 5.36. The Hall–Kier alpha value is -1.72. The molecule has 2 aliphatic rings. The first-order chi connectivity index (χ1) is 12.7. The number of likely N-dealkylation sites (tertiary alicyclic amines) is 2. The van der Waals surface area contributed by atoms with E-state index in [4.69, 9.17) is 4.98 Å². The molecular weight excluding hydrogens is 322 g/mol. The van der Waals surface area contributed by atoms with Crippen molar-refractivity contribution in [2.45, 2.75) is 51.7 Å². The highest BCUT2D eigenvalue weighted by Crippen LogP contribution is 2.33. The van der Waals surface area contributed by atoms with Crippen molar-refractivity contribution in [3.8, 4) is 0 Å². The number of rotatable bonds is 5. The highest BCUT2D eigenvalue weighted by Gasteiger charge is 2.30. The van der Waals surface area contributed by atoms with Gasteiger partial charge in [0, 0.05) is 31.7 Å². The second kappa shape index (κ2) is 7.89. The number of imidazole rings is 1. The van der Waals surface area contributed by atoms with Crippen molar-refractivity contribution in [2.75, 3.05) is 26.7 Å². The first kappa shape index (κ1) is 17.7. The summed E-state index contributed by atoms with van der Waals surface area (Å²) >= 11 is 0. The van der Waals surface area contributed by atoms with E-state index in [2.05, 4.69) is 45.6 Å². The second-order valence-electron chi connectivity index (χ2n) is 8.08. The predicted molar refractivity (Wildman–Crippen MR) is 104 cm³/mol. The smallest absolute Gasteiger partial charge is 0.126 e. The number of nitrogens with zero attached hydrogens (tertiary/aromatic N) is 5. The molecule has 1 atom stereocenters. The molecule has 0 N–H and O–H groups in total. The van der Waals surface area contributed by atoms with E-state index in [-0.39, 0.29) is 0 Å². The molecule has 26 heavy (non-hydrogen) atoms. The maximum absolute atomic E-state index is 4.78. The molecule has 4 heterocycles. The molecule has 0 radical (unpaired) electrons. The van der Waals surface area contributed by atoms with Gasteiger partial charge in [-0.05, 0) is 76.8 Å². The lowest BCUT2D eigenvalue weighted by Crippen LogP contribution is -2.32. The van der Waals surface area contributed by atoms with Gasteiger partial charge < -0.3 is 9.47 Å². The fourth-order valence-corrected chi connectivity index (χ4v) is 4.48. The van der Waals surface area contributed by atoms with Crippen LogP contribution in [0.2, 0.25) is 0 Å². The number of piperidine rings is 1. The minimum atomic E-state index is 0.428. The van der Waals surface area contributed by atoms with E-state index < -0.39 is 0 Å². The Bertz CT molecular complexity index is 717. The highest BCUT2D eigenvalue weighted by molar-refractivity contribution is 5.18. The second-order valence-corrected chi connectivity index (χ2v) is 8.08. The van der Waals surface area contributed by atoms with Crippen LogP contribution in [0, 0.1) is 12.8 Å². The van der Waals surface area contributed by atoms with E-state index in [1.807, 2.05) is 18.5 Å². The van der Waals surface area contributed by atoms with Crippen molar-refractivity contribution in [3.63, 3.8) is 0 Å². The van der Waals surface area contributed by atoms with Gasteiger partial charge in [0.2, 0.25) is 0 Å². The molecule has 4 rings (SSSR count). The zero-order valence-electron chi connectivity index (χ0n) is 16.1. The summed E-state index contributed by atoms with van der Waals surface area (Å²) < 4.78 is 2.43. The third kappa shape index (κ3) is 3.84. The van der Waals surface area contributed by atoms with Crippen LogP contribution in [0.15, 0.2) is 30.7 Å². The first-order valence-electron chi connectivity index (χ1n) is 10.0. The van der Waals surface area contributed by atoms with E-state index in [1.165, 1.54) is 55.9 Å². The van der Waals surface area contributed by atoms with Crippen LogP contribution in [0.4, 0.5) is 0 Å². The molecule has 5 nitrogen and oxygen atoms in total. The Morgan fingerprint density at radius 3 is 2.73 bits per heavy atom. The average Bonchev–Trinajstić information content (AvgIpc) is 3.28. The van der Waals surface area contributed by atoms with Gasteiger partial charge in [-0.1, -0.05) is 6.07 Å². The van der Waals surface area contributed by atoms with Gasteiger partial charge in [0.1, 0.15) is 5.82 Å². The van der Waals surface area contributed by atoms with Gasteiger partial charge in [-0.3, -0.25) is 9.88 Å². The third-order valence-corrected chi connectivity index (χ3v) is 6.17. The standard InChI is InChI=1S/C21H31N5/c1-17-5-3-9-22-19(17)16-25-11-4-6-20(25)21-23-10-14-26(21)15-18-7-12-24(2)13-8-18/h3,5,9-10,14,18,20H,4,6-8,11-13,15-16H2,1-2H3. The minimum Gasteiger partial charge on any atom is -0.333 e. The summed E-state index contributed by atoms with van der Waals surface area (Å²) in [5.74, 6) is 2.04. The monoisotopic (exact) mass is 353 g/mol. The van der Waals surface area contributed by atoms with Crippen molar-refractivity contribution in [3.05, 3.63) is 47.8 Å². The van der Waals surface area contributed by atoms with E-state index >= 15 is 0 Å². The quantitative estimate of drug-likeness (QED) is 0.827. The Balaban J connectivity index is 1.47. The van der Waals surface area contributed by atoms with Gasteiger partial charge in [0.15, 0.2) is 0 Å². The summed E-state index contributed by atoms with van der Waals surface area (Å²) in [6.07, 6.45) is 11.1. The van der Waals surface area contributed by atoms with E-state index in [1.54, 1.807) is 0 Å². The average molecular weight is 354 g/mol. The van der Waals surface area contributed by atoms with Gasteiger partial charge in [-0.25, -0.2) is 4.98 Å². The summed E-state index contributed by atoms with van der Waals surface area (Å²) in [6.45, 7) is 7.80. The van der Waals surface area contributed by atoms with Gasteiger partial charge in [-0.2, -0.15) is 0 Å². The van der Waals surface area contributed by atoms with Crippen LogP contribution in [0.1, 0.15) is 48.8 Å². The Labute approximate surface area is 157 Å². The van der Waals surface area contributed by atoms with Gasteiger partial charge in [-0.15, -0.1) is 0 Å². The molecule has 1 unspecified atom stereocenters. The van der Waals surface area contributed by atoms with Gasteiger partial charge >= 0.3 is 0 Å². The molecular formula is C21H31N5. The van der Waals surface area contributed by atoms with Crippen LogP contribution in [-0.4, -0.2) is 51.0 Å². The van der Waals surface area contributed by atoms with Gasteiger partial charge in [0.05, 0.1) is 11.7 Å². The molecule has 0 spiro atoms. The first-order valence-corrected chi connectivity index (χ1v) is 10.0. The highest BCUT2D eigenvalue weighted by atomic mass is 15.2. The molecule has 0 amide bonds. The minimum absolute atomic E-state index is 0.428. The third-order valence-electron chi connectivity index (χ3n) is 6.17. The lowest BCUT2D eigenvalue weighted by molar-refractivity contribution is 0.196. The SMILES string of the molecule is Cc1cccnc1CN1CCCC1c1nccn1CC1CCN(C)CC1. The molecule has 2 saturated heterocycles. The van der Waals surface area contributed by atoms with E-state index in [0.29, 0.717) is 6.04 Å². The molecule has 0 bridgehead atoms. The van der Waals surface area contributed by atoms with Crippen molar-refractivity contribution in [1.29, 1.82) is 0 Å². The molecule has 0 aliphatic carbocycles. The predicted octanol–water partition coefficient (Wildman–Crippen LogP) is 3.27. The molecule has 2 fully saturated rings. The van der Waals surface area contributed by atoms with Crippen LogP contribution < -0.4 is 0 Å². The van der Waals surface area contributed by atoms with Crippen LogP contribution in [-0.2, 0) is 13.1 Å². The van der Waals surface area contributed by atoms with Crippen molar-refractivity contribution in [1.82, 2.24) is 24.3 Å². The molecule has 0 saturated carbocycles. The summed E-state index contributed by atoms with van der Waals surface area (Å²) in [7, 11) is 2.23. The largest absolute Gasteiger partial charge is 0.333 e. The lowest BCUT2D eigenvalue weighted by Gasteiger charge is -2.30. The number of hydrogen-bond acceptors (Lipinski definition) is 4. The van der Waals surface area contributed by atoms with Crippen LogP contribution in [0.5, 0.6) is 0 Å². The Morgan fingerprint density at radius 1 is 1.08 bits per heavy atom. The number of pyridine rings is 1. The fourth-order valence-electron chi connectivity index (χ4n) is 4.48. The topological polar surface area (TPSA) is 37.2 Å². The Morgan fingerprint density at radius 2 is 1.92 bits per heavy atom. The maximum Gasteiger partial charge on any atom is 0.126 e. The van der Waals surface area contributed by atoms with Crippen LogP contribution in [0.25, 0.3) is 0 Å². The maximum atomic E-state index is 4.78. The van der Waals surface area contributed by atoms with Crippen LogP contribution in [0.3, 0.4) is 0 Å². The molecule has 0 aromatic carbocycles. The summed E-state index contributed by atoms with van der Waals surface area (Å²) in [6, 6.07) is 4.61. The summed E-state index contributed by atoms with van der Waals surface area (Å²) in [5, 5.41) is 0.